The number of pyridine rings is 1. The van der Waals surface area contributed by atoms with Crippen LogP contribution in [0.2, 0.25) is 0 Å². The Hall–Kier alpha value is -4.74. The average molecular weight is 523 g/mol. The first-order valence-electron chi connectivity index (χ1n) is 11.8. The molecule has 0 aliphatic heterocycles. The van der Waals surface area contributed by atoms with E-state index in [0.717, 1.165) is 0 Å². The minimum atomic E-state index is -0.756. The molecule has 0 aliphatic carbocycles. The van der Waals surface area contributed by atoms with Crippen LogP contribution in [0, 0.1) is 5.82 Å². The number of hydrogen-bond acceptors (Lipinski definition) is 8. The maximum absolute atomic E-state index is 13.4. The van der Waals surface area contributed by atoms with Gasteiger partial charge in [-0.3, -0.25) is 14.3 Å². The van der Waals surface area contributed by atoms with Gasteiger partial charge in [0.05, 0.1) is 12.8 Å². The normalized spacial score (nSPS) is 11.3. The highest BCUT2D eigenvalue weighted by molar-refractivity contribution is 5.97. The van der Waals surface area contributed by atoms with Crippen molar-refractivity contribution >= 4 is 35.0 Å². The van der Waals surface area contributed by atoms with Crippen LogP contribution in [0.1, 0.15) is 38.1 Å². The number of nitrogens with zero attached hydrogens (tertiary/aromatic N) is 5. The van der Waals surface area contributed by atoms with Gasteiger partial charge in [-0.2, -0.15) is 9.61 Å². The van der Waals surface area contributed by atoms with Crippen molar-refractivity contribution in [1.29, 1.82) is 0 Å². The van der Waals surface area contributed by atoms with Crippen LogP contribution in [0.15, 0.2) is 59.7 Å². The molecule has 38 heavy (non-hydrogen) atoms. The Morgan fingerprint density at radius 3 is 2.53 bits per heavy atom. The quantitative estimate of drug-likeness (QED) is 0.372. The zero-order valence-electron chi connectivity index (χ0n) is 21.6. The number of carbonyl (C=O) groups is 2. The molecule has 3 heterocycles. The lowest BCUT2D eigenvalue weighted by Gasteiger charge is -2.25. The van der Waals surface area contributed by atoms with E-state index in [1.165, 1.54) is 57.6 Å². The number of carbonyl (C=O) groups excluding carboxylic acids is 2. The van der Waals surface area contributed by atoms with E-state index in [-0.39, 0.29) is 35.1 Å². The van der Waals surface area contributed by atoms with E-state index in [1.54, 1.807) is 46.0 Å². The van der Waals surface area contributed by atoms with Crippen LogP contribution >= 0.6 is 0 Å². The molecule has 4 aromatic rings. The van der Waals surface area contributed by atoms with Crippen LogP contribution in [0.5, 0.6) is 0 Å². The Balaban J connectivity index is 1.81. The number of halogens is 1. The number of benzene rings is 1. The van der Waals surface area contributed by atoms with Crippen molar-refractivity contribution in [3.63, 3.8) is 0 Å². The number of esters is 1. The van der Waals surface area contributed by atoms with Gasteiger partial charge in [-0.25, -0.2) is 19.0 Å². The summed E-state index contributed by atoms with van der Waals surface area (Å²) in [5.74, 6) is -0.690. The number of amides is 1. The second-order valence-corrected chi connectivity index (χ2v) is 9.25. The summed E-state index contributed by atoms with van der Waals surface area (Å²) >= 11 is 0. The summed E-state index contributed by atoms with van der Waals surface area (Å²) in [7, 11) is 1.49. The van der Waals surface area contributed by atoms with Gasteiger partial charge in [0.15, 0.2) is 5.65 Å². The number of ether oxygens (including phenoxy) is 2. The average Bonchev–Trinajstić information content (AvgIpc) is 3.28. The van der Waals surface area contributed by atoms with Crippen molar-refractivity contribution in [2.24, 2.45) is 0 Å². The van der Waals surface area contributed by atoms with Gasteiger partial charge in [0, 0.05) is 25.0 Å². The maximum Gasteiger partial charge on any atom is 0.415 e. The summed E-state index contributed by atoms with van der Waals surface area (Å²) in [4.78, 5) is 44.3. The zero-order chi connectivity index (χ0) is 27.6. The van der Waals surface area contributed by atoms with Crippen LogP contribution < -0.4 is 15.8 Å². The monoisotopic (exact) mass is 522 g/mol. The lowest BCUT2D eigenvalue weighted by atomic mass is 10.2. The van der Waals surface area contributed by atoms with Crippen molar-refractivity contribution in [2.75, 3.05) is 23.9 Å². The minimum absolute atomic E-state index is 0.0751. The molecule has 0 atom stereocenters. The smallest absolute Gasteiger partial charge is 0.415 e. The summed E-state index contributed by atoms with van der Waals surface area (Å²) in [5.41, 5.74) is -0.387. The highest BCUT2D eigenvalue weighted by atomic mass is 19.1. The first-order chi connectivity index (χ1) is 18.0. The molecule has 3 aromatic heterocycles. The molecular weight excluding hydrogens is 495 g/mol. The highest BCUT2D eigenvalue weighted by Gasteiger charge is 2.25. The van der Waals surface area contributed by atoms with E-state index >= 15 is 0 Å². The van der Waals surface area contributed by atoms with Crippen LogP contribution in [0.4, 0.5) is 26.5 Å². The Morgan fingerprint density at radius 1 is 1.16 bits per heavy atom. The van der Waals surface area contributed by atoms with Crippen LogP contribution in [0.3, 0.4) is 0 Å². The number of anilines is 3. The van der Waals surface area contributed by atoms with Gasteiger partial charge in [0.1, 0.15) is 34.3 Å². The summed E-state index contributed by atoms with van der Waals surface area (Å²) in [6.45, 7) is 7.03. The second kappa shape index (κ2) is 10.3. The molecule has 0 saturated carbocycles. The topological polar surface area (TPSA) is 120 Å². The molecule has 198 valence electrons. The summed E-state index contributed by atoms with van der Waals surface area (Å²) < 4.78 is 26.6. The Bertz CT molecular complexity index is 1560. The fraction of sp³-hybridized carbons (Fsp3) is 0.269. The van der Waals surface area contributed by atoms with Crippen LogP contribution in [0.25, 0.3) is 11.3 Å². The van der Waals surface area contributed by atoms with Gasteiger partial charge in [0.2, 0.25) is 0 Å². The number of aromatic nitrogens is 4. The van der Waals surface area contributed by atoms with Crippen molar-refractivity contribution in [1.82, 2.24) is 19.2 Å². The molecular formula is C26H27FN6O5. The van der Waals surface area contributed by atoms with Gasteiger partial charge in [-0.05, 0) is 64.1 Å². The van der Waals surface area contributed by atoms with Crippen molar-refractivity contribution in [2.45, 2.75) is 33.3 Å². The summed E-state index contributed by atoms with van der Waals surface area (Å²) in [6.07, 6.45) is 2.18. The predicted octanol–water partition coefficient (Wildman–Crippen LogP) is 4.31. The molecule has 0 saturated heterocycles. The van der Waals surface area contributed by atoms with Gasteiger partial charge in [-0.1, -0.05) is 0 Å². The molecule has 0 spiro atoms. The molecule has 0 radical (unpaired) electrons. The van der Waals surface area contributed by atoms with Crippen LogP contribution in [-0.2, 0) is 9.47 Å². The van der Waals surface area contributed by atoms with E-state index in [0.29, 0.717) is 5.69 Å². The van der Waals surface area contributed by atoms with Gasteiger partial charge in [0.25, 0.3) is 5.56 Å². The number of fused-ring (bicyclic) bond motifs is 1. The molecule has 1 aromatic carbocycles. The molecule has 1 amide bonds. The van der Waals surface area contributed by atoms with E-state index in [4.69, 9.17) is 9.47 Å². The zero-order valence-corrected chi connectivity index (χ0v) is 21.6. The summed E-state index contributed by atoms with van der Waals surface area (Å²) in [6, 6.07) is 10.2. The van der Waals surface area contributed by atoms with Crippen molar-refractivity contribution in [3.8, 4) is 5.69 Å². The third-order valence-corrected chi connectivity index (χ3v) is 5.27. The van der Waals surface area contributed by atoms with E-state index in [1.807, 2.05) is 0 Å². The van der Waals surface area contributed by atoms with E-state index in [2.05, 4.69) is 15.4 Å². The number of hydrogen-bond donors (Lipinski definition) is 1. The fourth-order valence-corrected chi connectivity index (χ4v) is 3.56. The predicted molar refractivity (Wildman–Crippen MR) is 139 cm³/mol. The molecule has 4 rings (SSSR count). The number of nitrogens with one attached hydrogen (secondary N) is 1. The Morgan fingerprint density at radius 2 is 1.87 bits per heavy atom. The molecule has 0 unspecified atom stereocenters. The van der Waals surface area contributed by atoms with Crippen molar-refractivity contribution in [3.05, 3.63) is 76.6 Å². The molecule has 11 nitrogen and oxygen atoms in total. The lowest BCUT2D eigenvalue weighted by molar-refractivity contribution is 0.0527. The number of rotatable bonds is 6. The molecule has 0 bridgehead atoms. The summed E-state index contributed by atoms with van der Waals surface area (Å²) in [5, 5.41) is 7.19. The SMILES string of the molecule is CCOC(=O)c1cnn2c(N(C)C(=O)OC(C)(C)C)cc(Nc3cccn(-c4ccc(F)cc4)c3=O)nc12. The van der Waals surface area contributed by atoms with Gasteiger partial charge in [-0.15, -0.1) is 0 Å². The molecule has 0 aliphatic rings. The Labute approximate surface area is 217 Å². The third kappa shape index (κ3) is 5.48. The third-order valence-electron chi connectivity index (χ3n) is 5.27. The first-order valence-corrected chi connectivity index (χ1v) is 11.8. The molecule has 1 N–H and O–H groups in total. The largest absolute Gasteiger partial charge is 0.462 e. The van der Waals surface area contributed by atoms with E-state index < -0.39 is 29.0 Å². The van der Waals surface area contributed by atoms with Crippen LogP contribution in [-0.4, -0.2) is 50.5 Å². The minimum Gasteiger partial charge on any atom is -0.462 e. The van der Waals surface area contributed by atoms with E-state index in [9.17, 15) is 18.8 Å². The van der Waals surface area contributed by atoms with Gasteiger partial charge < -0.3 is 14.8 Å². The highest BCUT2D eigenvalue weighted by Crippen LogP contribution is 2.25. The van der Waals surface area contributed by atoms with Gasteiger partial charge >= 0.3 is 12.1 Å². The second-order valence-electron chi connectivity index (χ2n) is 9.25. The first kappa shape index (κ1) is 26.3. The van der Waals surface area contributed by atoms with Crippen molar-refractivity contribution < 1.29 is 23.5 Å². The Kier molecular flexibility index (Phi) is 7.15. The lowest BCUT2D eigenvalue weighted by Crippen LogP contribution is -2.35. The molecule has 12 heteroatoms. The fourth-order valence-electron chi connectivity index (χ4n) is 3.56. The maximum atomic E-state index is 13.4. The standard InChI is InChI=1S/C26H27FN6O5/c1-6-37-24(35)18-15-28-33-21(31(5)25(36)38-26(2,3)4)14-20(30-22(18)33)29-19-8-7-13-32(23(19)34)17-11-9-16(27)10-12-17/h7-15H,6H2,1-5H3,(H,29,30). The molecule has 0 fully saturated rings.